The van der Waals surface area contributed by atoms with Crippen molar-refractivity contribution in [3.8, 4) is 11.3 Å². The van der Waals surface area contributed by atoms with E-state index in [1.54, 1.807) is 5.38 Å². The topological polar surface area (TPSA) is 50.4 Å². The van der Waals surface area contributed by atoms with E-state index in [-0.39, 0.29) is 0 Å². The fraction of sp³-hybridized carbons (Fsp3) is 0.133. The molecule has 0 amide bonds. The lowest BCUT2D eigenvalue weighted by molar-refractivity contribution is 0.0698. The van der Waals surface area contributed by atoms with Gasteiger partial charge in [-0.3, -0.25) is 0 Å². The van der Waals surface area contributed by atoms with Gasteiger partial charge in [0.15, 0.2) is 0 Å². The molecule has 0 spiro atoms. The van der Waals surface area contributed by atoms with Crippen molar-refractivity contribution in [2.75, 3.05) is 0 Å². The van der Waals surface area contributed by atoms with Crippen LogP contribution in [-0.4, -0.2) is 11.1 Å². The van der Waals surface area contributed by atoms with Crippen molar-refractivity contribution in [2.24, 2.45) is 0 Å². The Balaban J connectivity index is 2.30. The second kappa shape index (κ2) is 4.55. The van der Waals surface area contributed by atoms with E-state index in [4.69, 9.17) is 4.42 Å². The zero-order chi connectivity index (χ0) is 13.4. The van der Waals surface area contributed by atoms with Gasteiger partial charge in [-0.05, 0) is 12.5 Å². The highest BCUT2D eigenvalue weighted by molar-refractivity contribution is 7.08. The Bertz CT molecular complexity index is 752. The van der Waals surface area contributed by atoms with Gasteiger partial charge >= 0.3 is 5.97 Å². The number of thiophene rings is 1. The Hall–Kier alpha value is -2.07. The van der Waals surface area contributed by atoms with Gasteiger partial charge in [0.05, 0.1) is 5.56 Å². The highest BCUT2D eigenvalue weighted by Crippen LogP contribution is 2.37. The maximum atomic E-state index is 11.2. The maximum Gasteiger partial charge on any atom is 0.337 e. The molecule has 3 aromatic rings. The summed E-state index contributed by atoms with van der Waals surface area (Å²) in [6, 6.07) is 7.80. The summed E-state index contributed by atoms with van der Waals surface area (Å²) in [5.41, 5.74) is 2.85. The molecular formula is C15H12O3S. The van der Waals surface area contributed by atoms with Crippen LogP contribution in [0.5, 0.6) is 0 Å². The van der Waals surface area contributed by atoms with Crippen LogP contribution in [0.3, 0.4) is 0 Å². The van der Waals surface area contributed by atoms with Crippen molar-refractivity contribution >= 4 is 28.3 Å². The molecule has 2 aromatic heterocycles. The van der Waals surface area contributed by atoms with E-state index >= 15 is 0 Å². The average molecular weight is 272 g/mol. The van der Waals surface area contributed by atoms with E-state index in [0.29, 0.717) is 16.9 Å². The molecule has 3 rings (SSSR count). The van der Waals surface area contributed by atoms with E-state index < -0.39 is 5.97 Å². The first-order valence-electron chi connectivity index (χ1n) is 6.02. The first kappa shape index (κ1) is 12.0. The van der Waals surface area contributed by atoms with E-state index in [9.17, 15) is 9.90 Å². The summed E-state index contributed by atoms with van der Waals surface area (Å²) in [4.78, 5) is 11.2. The second-order valence-electron chi connectivity index (χ2n) is 4.26. The minimum Gasteiger partial charge on any atom is -0.478 e. The first-order chi connectivity index (χ1) is 9.22. The molecule has 0 unspecified atom stereocenters. The van der Waals surface area contributed by atoms with E-state index in [1.807, 2.05) is 36.6 Å². The lowest BCUT2D eigenvalue weighted by Gasteiger charge is -1.99. The fourth-order valence-electron chi connectivity index (χ4n) is 2.31. The van der Waals surface area contributed by atoms with E-state index in [2.05, 4.69) is 0 Å². The molecule has 4 heteroatoms. The standard InChI is InChI=1S/C15H12O3S/c1-2-9-10-5-3-4-6-13(10)18-14(9)11-7-19-8-12(11)15(16)17/h3-8H,2H2,1H3,(H,16,17). The highest BCUT2D eigenvalue weighted by Gasteiger charge is 2.20. The summed E-state index contributed by atoms with van der Waals surface area (Å²) in [5.74, 6) is -0.235. The van der Waals surface area contributed by atoms with E-state index in [0.717, 1.165) is 23.0 Å². The molecule has 19 heavy (non-hydrogen) atoms. The summed E-state index contributed by atoms with van der Waals surface area (Å²) in [6.07, 6.45) is 0.807. The number of aryl methyl sites for hydroxylation is 1. The number of benzene rings is 1. The predicted molar refractivity (Wildman–Crippen MR) is 75.9 cm³/mol. The van der Waals surface area contributed by atoms with Gasteiger partial charge in [-0.15, -0.1) is 0 Å². The molecule has 3 nitrogen and oxygen atoms in total. The minimum absolute atomic E-state index is 0.304. The zero-order valence-electron chi connectivity index (χ0n) is 10.3. The van der Waals surface area contributed by atoms with Crippen LogP contribution in [-0.2, 0) is 6.42 Å². The Morgan fingerprint density at radius 2 is 2.11 bits per heavy atom. The van der Waals surface area contributed by atoms with Crippen LogP contribution < -0.4 is 0 Å². The minimum atomic E-state index is -0.918. The van der Waals surface area contributed by atoms with Gasteiger partial charge < -0.3 is 9.52 Å². The van der Waals surface area contributed by atoms with Crippen LogP contribution in [0, 0.1) is 0 Å². The third-order valence-electron chi connectivity index (χ3n) is 3.19. The molecule has 0 saturated carbocycles. The number of para-hydroxylation sites is 1. The summed E-state index contributed by atoms with van der Waals surface area (Å²) in [7, 11) is 0. The number of furan rings is 1. The van der Waals surface area contributed by atoms with E-state index in [1.165, 1.54) is 11.3 Å². The second-order valence-corrected chi connectivity index (χ2v) is 5.01. The number of hydrogen-bond acceptors (Lipinski definition) is 3. The van der Waals surface area contributed by atoms with Crippen molar-refractivity contribution in [3.63, 3.8) is 0 Å². The quantitative estimate of drug-likeness (QED) is 0.767. The summed E-state index contributed by atoms with van der Waals surface area (Å²) < 4.78 is 5.87. The van der Waals surface area contributed by atoms with Gasteiger partial charge in [-0.25, -0.2) is 4.79 Å². The number of rotatable bonds is 3. The van der Waals surface area contributed by atoms with Crippen LogP contribution >= 0.6 is 11.3 Å². The molecule has 0 radical (unpaired) electrons. The Labute approximate surface area is 114 Å². The number of fused-ring (bicyclic) bond motifs is 1. The average Bonchev–Trinajstić information content (AvgIpc) is 3.02. The molecule has 0 fully saturated rings. The summed E-state index contributed by atoms with van der Waals surface area (Å²) in [5, 5.41) is 13.8. The van der Waals surface area contributed by atoms with Gasteiger partial charge in [0.2, 0.25) is 0 Å². The summed E-state index contributed by atoms with van der Waals surface area (Å²) in [6.45, 7) is 2.05. The lowest BCUT2D eigenvalue weighted by atomic mass is 10.0. The lowest BCUT2D eigenvalue weighted by Crippen LogP contribution is -1.96. The van der Waals surface area contributed by atoms with Crippen molar-refractivity contribution in [3.05, 3.63) is 46.2 Å². The van der Waals surface area contributed by atoms with Crippen molar-refractivity contribution in [2.45, 2.75) is 13.3 Å². The molecule has 0 aliphatic carbocycles. The van der Waals surface area contributed by atoms with Gasteiger partial charge in [0, 0.05) is 27.3 Å². The molecule has 1 N–H and O–H groups in total. The van der Waals surface area contributed by atoms with Gasteiger partial charge in [0.25, 0.3) is 0 Å². The summed E-state index contributed by atoms with van der Waals surface area (Å²) >= 11 is 1.38. The first-order valence-corrected chi connectivity index (χ1v) is 6.97. The molecule has 0 saturated heterocycles. The SMILES string of the molecule is CCc1c(-c2cscc2C(=O)O)oc2ccccc12. The number of carboxylic acids is 1. The van der Waals surface area contributed by atoms with Gasteiger partial charge in [-0.2, -0.15) is 11.3 Å². The van der Waals surface area contributed by atoms with Crippen LogP contribution in [0.1, 0.15) is 22.8 Å². The largest absolute Gasteiger partial charge is 0.478 e. The molecule has 0 aliphatic heterocycles. The monoisotopic (exact) mass is 272 g/mol. The Morgan fingerprint density at radius 1 is 1.32 bits per heavy atom. The number of carbonyl (C=O) groups is 1. The number of hydrogen-bond donors (Lipinski definition) is 1. The van der Waals surface area contributed by atoms with Crippen LogP contribution in [0.25, 0.3) is 22.3 Å². The molecular weight excluding hydrogens is 260 g/mol. The zero-order valence-corrected chi connectivity index (χ0v) is 11.2. The third kappa shape index (κ3) is 1.85. The molecule has 0 bridgehead atoms. The number of aromatic carboxylic acids is 1. The molecule has 1 aromatic carbocycles. The predicted octanol–water partition coefficient (Wildman–Crippen LogP) is 4.42. The molecule has 0 aliphatic rings. The Morgan fingerprint density at radius 3 is 2.84 bits per heavy atom. The van der Waals surface area contributed by atoms with Crippen molar-refractivity contribution < 1.29 is 14.3 Å². The maximum absolute atomic E-state index is 11.2. The fourth-order valence-corrected chi connectivity index (χ4v) is 3.11. The third-order valence-corrected chi connectivity index (χ3v) is 3.93. The molecule has 96 valence electrons. The smallest absolute Gasteiger partial charge is 0.337 e. The van der Waals surface area contributed by atoms with Crippen LogP contribution in [0.4, 0.5) is 0 Å². The van der Waals surface area contributed by atoms with Gasteiger partial charge in [-0.1, -0.05) is 25.1 Å². The normalized spacial score (nSPS) is 11.0. The van der Waals surface area contributed by atoms with Crippen molar-refractivity contribution in [1.82, 2.24) is 0 Å². The molecule has 2 heterocycles. The highest BCUT2D eigenvalue weighted by atomic mass is 32.1. The van der Waals surface area contributed by atoms with Crippen molar-refractivity contribution in [1.29, 1.82) is 0 Å². The van der Waals surface area contributed by atoms with Crippen LogP contribution in [0.15, 0.2) is 39.4 Å². The van der Waals surface area contributed by atoms with Gasteiger partial charge in [0.1, 0.15) is 11.3 Å². The number of carboxylic acid groups (broad SMARTS) is 1. The Kier molecular flexibility index (Phi) is 2.87. The van der Waals surface area contributed by atoms with Crippen LogP contribution in [0.2, 0.25) is 0 Å². The molecule has 0 atom stereocenters.